The van der Waals surface area contributed by atoms with Crippen molar-refractivity contribution in [1.82, 2.24) is 30.7 Å². The van der Waals surface area contributed by atoms with Gasteiger partial charge in [0.1, 0.15) is 12.6 Å². The van der Waals surface area contributed by atoms with Crippen LogP contribution in [0.2, 0.25) is 0 Å². The summed E-state index contributed by atoms with van der Waals surface area (Å²) in [5.41, 5.74) is 9.44. The number of nitrogens with one attached hydrogen (secondary N) is 4. The lowest BCUT2D eigenvalue weighted by Gasteiger charge is -2.43. The third kappa shape index (κ3) is 11.4. The maximum absolute atomic E-state index is 8.00. The summed E-state index contributed by atoms with van der Waals surface area (Å²) in [5.74, 6) is 0.891. The van der Waals surface area contributed by atoms with Gasteiger partial charge in [0.05, 0.1) is 11.4 Å². The van der Waals surface area contributed by atoms with Gasteiger partial charge in [-0.3, -0.25) is 4.90 Å². The van der Waals surface area contributed by atoms with E-state index in [1.165, 1.54) is 34.5 Å². The van der Waals surface area contributed by atoms with Crippen LogP contribution in [0.4, 0.5) is 17.2 Å². The van der Waals surface area contributed by atoms with Gasteiger partial charge in [-0.2, -0.15) is 0 Å². The van der Waals surface area contributed by atoms with Crippen molar-refractivity contribution >= 4 is 24.0 Å². The van der Waals surface area contributed by atoms with Gasteiger partial charge < -0.3 is 35.9 Å². The van der Waals surface area contributed by atoms with Gasteiger partial charge in [-0.15, -0.1) is 0 Å². The number of benzene rings is 1. The molecule has 49 heavy (non-hydrogen) atoms. The molecule has 270 valence electrons. The molecule has 9 nitrogen and oxygen atoms in total. The van der Waals surface area contributed by atoms with Crippen LogP contribution in [-0.2, 0) is 17.8 Å². The second kappa shape index (κ2) is 19.4. The normalized spacial score (nSPS) is 17.3. The van der Waals surface area contributed by atoms with Crippen molar-refractivity contribution in [3.63, 3.8) is 0 Å². The Morgan fingerprint density at radius 1 is 1.02 bits per heavy atom. The Bertz CT molecular complexity index is 1380. The van der Waals surface area contributed by atoms with E-state index in [0.29, 0.717) is 0 Å². The van der Waals surface area contributed by atoms with Crippen molar-refractivity contribution < 1.29 is 4.79 Å². The highest BCUT2D eigenvalue weighted by Crippen LogP contribution is 2.30. The Labute approximate surface area is 297 Å². The average Bonchev–Trinajstić information content (AvgIpc) is 3.07. The van der Waals surface area contributed by atoms with E-state index >= 15 is 0 Å². The van der Waals surface area contributed by atoms with Gasteiger partial charge in [0.2, 0.25) is 0 Å². The summed E-state index contributed by atoms with van der Waals surface area (Å²) in [4.78, 5) is 20.4. The molecule has 0 spiro atoms. The maximum Gasteiger partial charge on any atom is 0.130 e. The van der Waals surface area contributed by atoms with Crippen LogP contribution < -0.4 is 26.2 Å². The molecule has 3 aliphatic heterocycles. The molecule has 2 saturated heterocycles. The van der Waals surface area contributed by atoms with Crippen LogP contribution in [0, 0.1) is 0 Å². The summed E-state index contributed by atoms with van der Waals surface area (Å²) in [6.45, 7) is 33.2. The van der Waals surface area contributed by atoms with Gasteiger partial charge in [0.15, 0.2) is 0 Å². The van der Waals surface area contributed by atoms with Crippen molar-refractivity contribution in [3.8, 4) is 0 Å². The van der Waals surface area contributed by atoms with Gasteiger partial charge in [0, 0.05) is 93.8 Å². The van der Waals surface area contributed by atoms with Crippen LogP contribution >= 0.6 is 0 Å². The Morgan fingerprint density at radius 2 is 1.67 bits per heavy atom. The van der Waals surface area contributed by atoms with Gasteiger partial charge in [-0.1, -0.05) is 39.8 Å². The molecule has 0 radical (unpaired) electrons. The monoisotopic (exact) mass is 673 g/mol. The van der Waals surface area contributed by atoms with E-state index in [2.05, 4.69) is 141 Å². The fourth-order valence-electron chi connectivity index (χ4n) is 6.39. The van der Waals surface area contributed by atoms with E-state index < -0.39 is 0 Å². The third-order valence-corrected chi connectivity index (χ3v) is 8.95. The largest absolute Gasteiger partial charge is 0.384 e. The molecule has 4 heterocycles. The van der Waals surface area contributed by atoms with Crippen molar-refractivity contribution in [2.24, 2.45) is 0 Å². The Kier molecular flexibility index (Phi) is 15.7. The molecular weight excluding hydrogens is 608 g/mol. The SMILES string of the molecule is C=C(NCCC)/C(NC(C)(C)C)=C(C)\C(=C/C)N1CCc2cnc(Nc3ccc(N4CCN(C5CNC5)CC4)cc3)cc2C1.C=O.CCC. The summed E-state index contributed by atoms with van der Waals surface area (Å²) in [6.07, 6.45) is 7.58. The molecule has 0 saturated carbocycles. The summed E-state index contributed by atoms with van der Waals surface area (Å²) >= 11 is 0. The number of carbonyl (C=O) groups is 1. The van der Waals surface area contributed by atoms with E-state index in [1.54, 1.807) is 0 Å². The van der Waals surface area contributed by atoms with Crippen LogP contribution in [0.15, 0.2) is 71.8 Å². The number of fused-ring (bicyclic) bond motifs is 1. The van der Waals surface area contributed by atoms with Crippen LogP contribution in [0.1, 0.15) is 79.4 Å². The van der Waals surface area contributed by atoms with Gasteiger partial charge >= 0.3 is 0 Å². The summed E-state index contributed by atoms with van der Waals surface area (Å²) in [5, 5.41) is 14.2. The van der Waals surface area contributed by atoms with E-state index in [-0.39, 0.29) is 5.54 Å². The van der Waals surface area contributed by atoms with Gasteiger partial charge in [-0.05, 0) is 94.5 Å². The van der Waals surface area contributed by atoms with Crippen LogP contribution in [-0.4, -0.2) is 85.5 Å². The van der Waals surface area contributed by atoms with Crippen molar-refractivity contribution in [2.75, 3.05) is 62.6 Å². The summed E-state index contributed by atoms with van der Waals surface area (Å²) < 4.78 is 0. The number of hydrogen-bond donors (Lipinski definition) is 4. The predicted molar refractivity (Wildman–Crippen MR) is 208 cm³/mol. The van der Waals surface area contributed by atoms with Crippen LogP contribution in [0.25, 0.3) is 0 Å². The Hall–Kier alpha value is -3.82. The quantitative estimate of drug-likeness (QED) is 0.198. The zero-order valence-electron chi connectivity index (χ0n) is 31.7. The van der Waals surface area contributed by atoms with E-state index in [9.17, 15) is 0 Å². The first-order chi connectivity index (χ1) is 23.6. The molecule has 9 heteroatoms. The lowest BCUT2D eigenvalue weighted by atomic mass is 9.98. The highest BCUT2D eigenvalue weighted by atomic mass is 16.1. The standard InChI is InChI=1S/C36H54N8.C3H8.CH2O/c1-8-15-38-27(4)35(41-36(5,6)7)26(3)33(9-2)44-16-14-28-22-39-34(21-29(28)25-44)40-30-10-12-31(13-11-30)42-17-19-43(20-18-42)32-23-37-24-32;1-3-2;1-2/h9-13,21-22,32,37-38,41H,4,8,14-20,23-25H2,1-3,5-7H3,(H,39,40);3H2,1-2H3;1H2/b33-9+,35-26+;;. The minimum absolute atomic E-state index is 0.0757. The number of aromatic nitrogens is 1. The molecule has 2 aromatic rings. The number of allylic oxidation sites excluding steroid dienone is 2. The number of anilines is 3. The Morgan fingerprint density at radius 3 is 2.22 bits per heavy atom. The first-order valence-corrected chi connectivity index (χ1v) is 18.2. The lowest BCUT2D eigenvalue weighted by Crippen LogP contribution is -2.61. The fourth-order valence-corrected chi connectivity index (χ4v) is 6.39. The average molecular weight is 673 g/mol. The molecule has 0 unspecified atom stereocenters. The summed E-state index contributed by atoms with van der Waals surface area (Å²) in [7, 11) is 0. The number of rotatable bonds is 11. The molecule has 0 amide bonds. The smallest absolute Gasteiger partial charge is 0.130 e. The van der Waals surface area contributed by atoms with Crippen LogP contribution in [0.3, 0.4) is 0 Å². The first kappa shape index (κ1) is 39.6. The molecule has 3 aliphatic rings. The molecule has 0 atom stereocenters. The van der Waals surface area contributed by atoms with Crippen molar-refractivity contribution in [1.29, 1.82) is 0 Å². The number of nitrogens with zero attached hydrogens (tertiary/aromatic N) is 4. The highest BCUT2D eigenvalue weighted by Gasteiger charge is 2.28. The van der Waals surface area contributed by atoms with E-state index in [0.717, 1.165) is 101 Å². The number of hydrogen-bond acceptors (Lipinski definition) is 9. The topological polar surface area (TPSA) is 87.8 Å². The second-order valence-corrected chi connectivity index (χ2v) is 14.2. The van der Waals surface area contributed by atoms with E-state index in [1.807, 2.05) is 6.79 Å². The number of carbonyl (C=O) groups excluding carboxylic acids is 1. The third-order valence-electron chi connectivity index (χ3n) is 8.95. The molecule has 4 N–H and O–H groups in total. The van der Waals surface area contributed by atoms with E-state index in [4.69, 9.17) is 9.78 Å². The van der Waals surface area contributed by atoms with Gasteiger partial charge in [0.25, 0.3) is 0 Å². The molecule has 1 aromatic heterocycles. The van der Waals surface area contributed by atoms with Gasteiger partial charge in [-0.25, -0.2) is 4.98 Å². The maximum atomic E-state index is 8.00. The molecule has 0 aliphatic carbocycles. The molecule has 0 bridgehead atoms. The number of pyridine rings is 1. The van der Waals surface area contributed by atoms with Crippen molar-refractivity contribution in [2.45, 2.75) is 92.8 Å². The fraction of sp³-hybridized carbons (Fsp3) is 0.550. The highest BCUT2D eigenvalue weighted by molar-refractivity contribution is 5.61. The predicted octanol–water partition coefficient (Wildman–Crippen LogP) is 6.59. The number of piperazine rings is 1. The molecule has 5 rings (SSSR count). The van der Waals surface area contributed by atoms with Crippen molar-refractivity contribution in [3.05, 3.63) is 83.0 Å². The molecular formula is C40H64N8O. The molecule has 1 aromatic carbocycles. The lowest BCUT2D eigenvalue weighted by molar-refractivity contribution is -0.0980. The molecule has 2 fully saturated rings. The zero-order chi connectivity index (χ0) is 36.0. The zero-order valence-corrected chi connectivity index (χ0v) is 31.7. The second-order valence-electron chi connectivity index (χ2n) is 14.2. The minimum atomic E-state index is -0.0757. The minimum Gasteiger partial charge on any atom is -0.384 e. The van der Waals surface area contributed by atoms with Crippen LogP contribution in [0.5, 0.6) is 0 Å². The first-order valence-electron chi connectivity index (χ1n) is 18.2. The summed E-state index contributed by atoms with van der Waals surface area (Å²) in [6, 6.07) is 11.8. The Balaban J connectivity index is 0.00000123.